The third-order valence-corrected chi connectivity index (χ3v) is 5.67. The van der Waals surface area contributed by atoms with E-state index >= 15 is 0 Å². The van der Waals surface area contributed by atoms with Crippen molar-refractivity contribution >= 4 is 5.91 Å². The first kappa shape index (κ1) is 12.4. The Morgan fingerprint density at radius 3 is 2.40 bits per heavy atom. The molecule has 0 atom stereocenters. The highest BCUT2D eigenvalue weighted by Crippen LogP contribution is 2.55. The van der Waals surface area contributed by atoms with Crippen LogP contribution in [0.1, 0.15) is 44.2 Å². The summed E-state index contributed by atoms with van der Waals surface area (Å²) in [6.07, 6.45) is 9.62. The minimum absolute atomic E-state index is 0.118. The van der Waals surface area contributed by atoms with Crippen molar-refractivity contribution in [2.24, 2.45) is 17.8 Å². The molecule has 0 unspecified atom stereocenters. The number of nitrogens with zero attached hydrogens (tertiary/aromatic N) is 2. The Morgan fingerprint density at radius 1 is 1.30 bits per heavy atom. The van der Waals surface area contributed by atoms with Crippen molar-refractivity contribution in [3.63, 3.8) is 0 Å². The zero-order valence-corrected chi connectivity index (χ0v) is 12.1. The number of nitrogens with one attached hydrogen (secondary N) is 1. The Hall–Kier alpha value is -1.32. The van der Waals surface area contributed by atoms with Crippen molar-refractivity contribution in [2.75, 3.05) is 0 Å². The molecular formula is C16H23N3O. The van der Waals surface area contributed by atoms with Crippen LogP contribution in [0.2, 0.25) is 0 Å². The molecule has 0 aliphatic heterocycles. The fourth-order valence-corrected chi connectivity index (χ4v) is 5.30. The maximum absolute atomic E-state index is 12.4. The normalized spacial score (nSPS) is 38.1. The van der Waals surface area contributed by atoms with Gasteiger partial charge in [0.2, 0.25) is 5.91 Å². The molecule has 1 aromatic heterocycles. The molecule has 1 N–H and O–H groups in total. The molecule has 108 valence electrons. The highest BCUT2D eigenvalue weighted by Gasteiger charge is 2.51. The highest BCUT2D eigenvalue weighted by molar-refractivity contribution is 5.76. The van der Waals surface area contributed by atoms with E-state index in [1.165, 1.54) is 38.5 Å². The second-order valence-electron chi connectivity index (χ2n) is 7.38. The summed E-state index contributed by atoms with van der Waals surface area (Å²) < 4.78 is 1.79. The molecule has 0 spiro atoms. The van der Waals surface area contributed by atoms with E-state index in [1.807, 2.05) is 13.0 Å². The summed E-state index contributed by atoms with van der Waals surface area (Å²) >= 11 is 0. The Bertz CT molecular complexity index is 498. The molecule has 4 fully saturated rings. The number of amides is 1. The van der Waals surface area contributed by atoms with Crippen molar-refractivity contribution in [2.45, 2.75) is 57.5 Å². The van der Waals surface area contributed by atoms with Gasteiger partial charge in [0.25, 0.3) is 0 Å². The van der Waals surface area contributed by atoms with Crippen molar-refractivity contribution in [1.29, 1.82) is 0 Å². The number of rotatable bonds is 3. The van der Waals surface area contributed by atoms with E-state index in [-0.39, 0.29) is 11.4 Å². The van der Waals surface area contributed by atoms with Gasteiger partial charge in [0, 0.05) is 17.4 Å². The summed E-state index contributed by atoms with van der Waals surface area (Å²) in [5.74, 6) is 2.74. The summed E-state index contributed by atoms with van der Waals surface area (Å²) in [5, 5.41) is 7.60. The lowest BCUT2D eigenvalue weighted by atomic mass is 9.53. The summed E-state index contributed by atoms with van der Waals surface area (Å²) in [6.45, 7) is 2.35. The van der Waals surface area contributed by atoms with Crippen LogP contribution in [0.25, 0.3) is 0 Å². The summed E-state index contributed by atoms with van der Waals surface area (Å²) in [6, 6.07) is 1.94. The van der Waals surface area contributed by atoms with Crippen LogP contribution < -0.4 is 5.32 Å². The molecular weight excluding hydrogens is 250 g/mol. The molecule has 4 saturated carbocycles. The molecule has 4 nitrogen and oxygen atoms in total. The summed E-state index contributed by atoms with van der Waals surface area (Å²) in [5.41, 5.74) is 1.16. The first-order valence-electron chi connectivity index (χ1n) is 7.91. The van der Waals surface area contributed by atoms with Gasteiger partial charge in [-0.3, -0.25) is 9.48 Å². The predicted molar refractivity (Wildman–Crippen MR) is 76.0 cm³/mol. The molecule has 20 heavy (non-hydrogen) atoms. The predicted octanol–water partition coefficient (Wildman–Crippen LogP) is 2.28. The lowest BCUT2D eigenvalue weighted by Gasteiger charge is -2.56. The van der Waals surface area contributed by atoms with E-state index in [0.29, 0.717) is 6.54 Å². The van der Waals surface area contributed by atoms with Crippen molar-refractivity contribution in [3.05, 3.63) is 18.0 Å². The summed E-state index contributed by atoms with van der Waals surface area (Å²) in [7, 11) is 0. The largest absolute Gasteiger partial charge is 0.349 e. The Balaban J connectivity index is 1.46. The van der Waals surface area contributed by atoms with Crippen LogP contribution >= 0.6 is 0 Å². The molecule has 0 aromatic carbocycles. The lowest BCUT2D eigenvalue weighted by Crippen LogP contribution is -2.60. The fourth-order valence-electron chi connectivity index (χ4n) is 5.30. The monoisotopic (exact) mass is 273 g/mol. The molecule has 1 amide bonds. The first-order valence-corrected chi connectivity index (χ1v) is 7.91. The molecule has 0 radical (unpaired) electrons. The van der Waals surface area contributed by atoms with Crippen molar-refractivity contribution in [3.8, 4) is 0 Å². The van der Waals surface area contributed by atoms with Gasteiger partial charge in [-0.25, -0.2) is 0 Å². The Kier molecular flexibility index (Phi) is 2.69. The van der Waals surface area contributed by atoms with E-state index in [2.05, 4.69) is 10.4 Å². The fraction of sp³-hybridized carbons (Fsp3) is 0.750. The van der Waals surface area contributed by atoms with Gasteiger partial charge in [-0.15, -0.1) is 0 Å². The first-order chi connectivity index (χ1) is 9.62. The minimum Gasteiger partial charge on any atom is -0.349 e. The van der Waals surface area contributed by atoms with Crippen molar-refractivity contribution in [1.82, 2.24) is 15.1 Å². The van der Waals surface area contributed by atoms with E-state index in [4.69, 9.17) is 0 Å². The van der Waals surface area contributed by atoms with E-state index < -0.39 is 0 Å². The number of hydrogen-bond donors (Lipinski definition) is 1. The van der Waals surface area contributed by atoms with Crippen molar-refractivity contribution < 1.29 is 4.79 Å². The van der Waals surface area contributed by atoms with Gasteiger partial charge in [0.1, 0.15) is 6.54 Å². The van der Waals surface area contributed by atoms with Crippen LogP contribution in [0.15, 0.2) is 12.3 Å². The topological polar surface area (TPSA) is 46.9 Å². The molecule has 4 aliphatic rings. The molecule has 5 rings (SSSR count). The number of carbonyl (C=O) groups excluding carboxylic acids is 1. The maximum Gasteiger partial charge on any atom is 0.242 e. The molecule has 0 saturated heterocycles. The lowest BCUT2D eigenvalue weighted by molar-refractivity contribution is -0.127. The summed E-state index contributed by atoms with van der Waals surface area (Å²) in [4.78, 5) is 12.4. The van der Waals surface area contributed by atoms with Gasteiger partial charge in [0.15, 0.2) is 0 Å². The Morgan fingerprint density at radius 2 is 1.90 bits per heavy atom. The quantitative estimate of drug-likeness (QED) is 0.918. The maximum atomic E-state index is 12.4. The van der Waals surface area contributed by atoms with Crippen LogP contribution in [0.4, 0.5) is 0 Å². The highest BCUT2D eigenvalue weighted by atomic mass is 16.2. The second kappa shape index (κ2) is 4.34. The van der Waals surface area contributed by atoms with Gasteiger partial charge in [0.05, 0.1) is 0 Å². The molecule has 4 bridgehead atoms. The molecule has 4 heteroatoms. The molecule has 1 heterocycles. The van der Waals surface area contributed by atoms with E-state index in [1.54, 1.807) is 10.9 Å². The van der Waals surface area contributed by atoms with Crippen LogP contribution in [0, 0.1) is 24.7 Å². The van der Waals surface area contributed by atoms with Gasteiger partial charge >= 0.3 is 0 Å². The van der Waals surface area contributed by atoms with E-state index in [0.717, 1.165) is 23.4 Å². The van der Waals surface area contributed by atoms with Gasteiger partial charge in [-0.05, 0) is 69.3 Å². The third-order valence-electron chi connectivity index (χ3n) is 5.67. The number of hydrogen-bond acceptors (Lipinski definition) is 2. The standard InChI is InChI=1S/C16H23N3O/c1-11-2-3-17-19(11)10-15(20)18-16-7-12-4-13(8-16)6-14(5-12)9-16/h2-3,12-14H,4-10H2,1H3,(H,18,20). The van der Waals surface area contributed by atoms with E-state index in [9.17, 15) is 4.79 Å². The van der Waals surface area contributed by atoms with Crippen LogP contribution in [0.3, 0.4) is 0 Å². The Labute approximate surface area is 119 Å². The van der Waals surface area contributed by atoms with Crippen LogP contribution in [0.5, 0.6) is 0 Å². The van der Waals surface area contributed by atoms with Gasteiger partial charge in [-0.2, -0.15) is 5.10 Å². The molecule has 1 aromatic rings. The van der Waals surface area contributed by atoms with Gasteiger partial charge in [-0.1, -0.05) is 0 Å². The number of carbonyl (C=O) groups is 1. The van der Waals surface area contributed by atoms with Crippen LogP contribution in [-0.2, 0) is 11.3 Å². The average Bonchev–Trinajstić information content (AvgIpc) is 2.72. The number of aryl methyl sites for hydroxylation is 1. The second-order valence-corrected chi connectivity index (χ2v) is 7.38. The third kappa shape index (κ3) is 2.05. The number of aromatic nitrogens is 2. The molecule has 4 aliphatic carbocycles. The zero-order valence-electron chi connectivity index (χ0n) is 12.1. The average molecular weight is 273 g/mol. The van der Waals surface area contributed by atoms with Crippen LogP contribution in [-0.4, -0.2) is 21.2 Å². The zero-order chi connectivity index (χ0) is 13.7. The minimum atomic E-state index is 0.118. The SMILES string of the molecule is Cc1ccnn1CC(=O)NC12CC3CC(CC(C3)C1)C2. The van der Waals surface area contributed by atoms with Gasteiger partial charge < -0.3 is 5.32 Å². The smallest absolute Gasteiger partial charge is 0.242 e.